The van der Waals surface area contributed by atoms with E-state index in [1.54, 1.807) is 16.4 Å². The zero-order valence-corrected chi connectivity index (χ0v) is 14.8. The monoisotopic (exact) mass is 321 g/mol. The molecule has 1 aliphatic rings. The predicted octanol–water partition coefficient (Wildman–Crippen LogP) is 4.14. The molecule has 0 saturated carbocycles. The Bertz CT molecular complexity index is 617. The molecule has 1 aromatic carbocycles. The van der Waals surface area contributed by atoms with Crippen molar-refractivity contribution in [3.05, 3.63) is 42.0 Å². The van der Waals surface area contributed by atoms with Crippen LogP contribution in [0.5, 0.6) is 0 Å². The van der Waals surface area contributed by atoms with E-state index in [2.05, 4.69) is 32.9 Å². The SMILES string of the molecule is CCCC/C=C/[C@@H]1[C@H](C(C)C)N1S(=O)(=O)c1ccc(C)cc1. The van der Waals surface area contributed by atoms with Gasteiger partial charge in [-0.1, -0.05) is 63.5 Å². The Kier molecular flexibility index (Phi) is 5.45. The molecular weight excluding hydrogens is 294 g/mol. The number of hydrogen-bond donors (Lipinski definition) is 0. The highest BCUT2D eigenvalue weighted by atomic mass is 32.2. The van der Waals surface area contributed by atoms with Crippen molar-refractivity contribution in [2.24, 2.45) is 5.92 Å². The van der Waals surface area contributed by atoms with Crippen LogP contribution in [0.25, 0.3) is 0 Å². The summed E-state index contributed by atoms with van der Waals surface area (Å²) in [7, 11) is -3.39. The maximum Gasteiger partial charge on any atom is 0.243 e. The molecule has 1 aliphatic heterocycles. The highest BCUT2D eigenvalue weighted by Crippen LogP contribution is 2.41. The lowest BCUT2D eigenvalue weighted by Crippen LogP contribution is -2.17. The first-order valence-electron chi connectivity index (χ1n) is 8.16. The summed E-state index contributed by atoms with van der Waals surface area (Å²) in [5.74, 6) is 0.320. The Morgan fingerprint density at radius 3 is 2.41 bits per heavy atom. The van der Waals surface area contributed by atoms with Gasteiger partial charge in [0.1, 0.15) is 0 Å². The first kappa shape index (κ1) is 17.2. The minimum atomic E-state index is -3.39. The molecule has 22 heavy (non-hydrogen) atoms. The summed E-state index contributed by atoms with van der Waals surface area (Å²) in [6, 6.07) is 7.23. The van der Waals surface area contributed by atoms with E-state index in [0.29, 0.717) is 10.8 Å². The predicted molar refractivity (Wildman–Crippen MR) is 91.3 cm³/mol. The number of allylic oxidation sites excluding steroid dienone is 1. The quantitative estimate of drug-likeness (QED) is 0.430. The van der Waals surface area contributed by atoms with Gasteiger partial charge in [-0.2, -0.15) is 4.31 Å². The molecule has 3 nitrogen and oxygen atoms in total. The van der Waals surface area contributed by atoms with Crippen LogP contribution >= 0.6 is 0 Å². The van der Waals surface area contributed by atoms with Gasteiger partial charge in [0, 0.05) is 6.04 Å². The van der Waals surface area contributed by atoms with Crippen LogP contribution in [0.2, 0.25) is 0 Å². The minimum absolute atomic E-state index is 0.0168. The van der Waals surface area contributed by atoms with E-state index in [9.17, 15) is 8.42 Å². The average Bonchev–Trinajstić information content (AvgIpc) is 3.19. The second kappa shape index (κ2) is 6.97. The van der Waals surface area contributed by atoms with Crippen molar-refractivity contribution in [1.29, 1.82) is 0 Å². The largest absolute Gasteiger partial charge is 0.243 e. The van der Waals surface area contributed by atoms with Gasteiger partial charge in [0.2, 0.25) is 10.0 Å². The molecule has 3 atom stereocenters. The van der Waals surface area contributed by atoms with Crippen molar-refractivity contribution in [2.75, 3.05) is 0 Å². The third-order valence-corrected chi connectivity index (χ3v) is 6.09. The molecule has 0 aromatic heterocycles. The first-order chi connectivity index (χ1) is 10.4. The van der Waals surface area contributed by atoms with Gasteiger partial charge in [0.25, 0.3) is 0 Å². The van der Waals surface area contributed by atoms with Crippen molar-refractivity contribution < 1.29 is 8.42 Å². The van der Waals surface area contributed by atoms with Crippen molar-refractivity contribution in [3.8, 4) is 0 Å². The fourth-order valence-electron chi connectivity index (χ4n) is 2.84. The maximum atomic E-state index is 12.8. The molecule has 0 bridgehead atoms. The second-order valence-electron chi connectivity index (χ2n) is 6.44. The fourth-order valence-corrected chi connectivity index (χ4v) is 4.72. The van der Waals surface area contributed by atoms with E-state index in [4.69, 9.17) is 0 Å². The van der Waals surface area contributed by atoms with Gasteiger partial charge in [-0.05, 0) is 31.4 Å². The van der Waals surface area contributed by atoms with Crippen LogP contribution in [0.3, 0.4) is 0 Å². The molecule has 1 heterocycles. The van der Waals surface area contributed by atoms with Crippen LogP contribution in [0.4, 0.5) is 0 Å². The highest BCUT2D eigenvalue weighted by Gasteiger charge is 2.55. The Morgan fingerprint density at radius 2 is 1.86 bits per heavy atom. The number of benzene rings is 1. The number of hydrogen-bond acceptors (Lipinski definition) is 2. The molecule has 1 unspecified atom stereocenters. The van der Waals surface area contributed by atoms with E-state index in [1.807, 2.05) is 19.1 Å². The minimum Gasteiger partial charge on any atom is -0.207 e. The molecule has 2 rings (SSSR count). The smallest absolute Gasteiger partial charge is 0.207 e. The average molecular weight is 321 g/mol. The third-order valence-electron chi connectivity index (χ3n) is 4.18. The standard InChI is InChI=1S/C18H27NO2S/c1-5-6-7-8-9-17-18(14(2)3)19(17)22(20,21)16-12-10-15(4)11-13-16/h8-14,17-18H,5-7H2,1-4H3/b9-8+/t17-,18+,19?/m1/s1. The van der Waals surface area contributed by atoms with Crippen molar-refractivity contribution >= 4 is 10.0 Å². The van der Waals surface area contributed by atoms with E-state index in [-0.39, 0.29) is 12.1 Å². The lowest BCUT2D eigenvalue weighted by Gasteiger charge is -2.08. The summed E-state index contributed by atoms with van der Waals surface area (Å²) in [5, 5.41) is 0. The normalized spacial score (nSPS) is 25.0. The van der Waals surface area contributed by atoms with Gasteiger partial charge < -0.3 is 0 Å². The number of unbranched alkanes of at least 4 members (excludes halogenated alkanes) is 2. The number of nitrogens with zero attached hydrogens (tertiary/aromatic N) is 1. The molecule has 122 valence electrons. The molecule has 0 aliphatic carbocycles. The van der Waals surface area contributed by atoms with Gasteiger partial charge in [0.15, 0.2) is 0 Å². The zero-order chi connectivity index (χ0) is 16.3. The molecule has 0 radical (unpaired) electrons. The summed E-state index contributed by atoms with van der Waals surface area (Å²) < 4.78 is 27.3. The number of sulfonamides is 1. The maximum absolute atomic E-state index is 12.8. The molecular formula is C18H27NO2S. The van der Waals surface area contributed by atoms with Gasteiger partial charge in [-0.3, -0.25) is 0 Å². The summed E-state index contributed by atoms with van der Waals surface area (Å²) >= 11 is 0. The first-order valence-corrected chi connectivity index (χ1v) is 9.60. The van der Waals surface area contributed by atoms with Gasteiger partial charge in [0.05, 0.1) is 10.9 Å². The summed E-state index contributed by atoms with van der Waals surface area (Å²) in [6.07, 6.45) is 7.55. The summed E-state index contributed by atoms with van der Waals surface area (Å²) in [4.78, 5) is 0.396. The van der Waals surface area contributed by atoms with Crippen LogP contribution in [-0.2, 0) is 10.0 Å². The van der Waals surface area contributed by atoms with Crippen LogP contribution < -0.4 is 0 Å². The molecule has 1 saturated heterocycles. The molecule has 4 heteroatoms. The van der Waals surface area contributed by atoms with Crippen LogP contribution in [0, 0.1) is 12.8 Å². The molecule has 0 N–H and O–H groups in total. The lowest BCUT2D eigenvalue weighted by molar-refractivity contribution is 0.517. The Hall–Kier alpha value is -1.13. The van der Waals surface area contributed by atoms with E-state index in [0.717, 1.165) is 24.8 Å². The van der Waals surface area contributed by atoms with E-state index in [1.165, 1.54) is 0 Å². The lowest BCUT2D eigenvalue weighted by atomic mass is 10.1. The van der Waals surface area contributed by atoms with E-state index < -0.39 is 10.0 Å². The van der Waals surface area contributed by atoms with Crippen LogP contribution in [-0.4, -0.2) is 24.8 Å². The fraction of sp³-hybridized carbons (Fsp3) is 0.556. The molecule has 0 spiro atoms. The van der Waals surface area contributed by atoms with Gasteiger partial charge >= 0.3 is 0 Å². The summed E-state index contributed by atoms with van der Waals surface area (Å²) in [6.45, 7) is 8.30. The Labute approximate surface area is 135 Å². The van der Waals surface area contributed by atoms with Crippen LogP contribution in [0.15, 0.2) is 41.3 Å². The Morgan fingerprint density at radius 1 is 1.23 bits per heavy atom. The van der Waals surface area contributed by atoms with Gasteiger partial charge in [-0.25, -0.2) is 8.42 Å². The number of rotatable bonds is 7. The van der Waals surface area contributed by atoms with Gasteiger partial charge in [-0.15, -0.1) is 0 Å². The zero-order valence-electron chi connectivity index (χ0n) is 14.0. The summed E-state index contributed by atoms with van der Waals surface area (Å²) in [5.41, 5.74) is 1.07. The second-order valence-corrected chi connectivity index (χ2v) is 8.29. The topological polar surface area (TPSA) is 37.1 Å². The molecule has 1 aromatic rings. The van der Waals surface area contributed by atoms with Crippen molar-refractivity contribution in [1.82, 2.24) is 4.31 Å². The van der Waals surface area contributed by atoms with Crippen molar-refractivity contribution in [3.63, 3.8) is 0 Å². The van der Waals surface area contributed by atoms with Crippen molar-refractivity contribution in [2.45, 2.75) is 63.9 Å². The van der Waals surface area contributed by atoms with E-state index >= 15 is 0 Å². The highest BCUT2D eigenvalue weighted by molar-refractivity contribution is 7.89. The number of aryl methyl sites for hydroxylation is 1. The molecule has 0 amide bonds. The third kappa shape index (κ3) is 3.61. The Balaban J connectivity index is 2.18. The molecule has 1 fully saturated rings. The van der Waals surface area contributed by atoms with Crippen LogP contribution in [0.1, 0.15) is 45.6 Å².